The summed E-state index contributed by atoms with van der Waals surface area (Å²) in [5, 5.41) is 3.28. The first-order chi connectivity index (χ1) is 9.01. The van der Waals surface area contributed by atoms with Crippen molar-refractivity contribution in [3.8, 4) is 0 Å². The van der Waals surface area contributed by atoms with E-state index in [0.717, 1.165) is 12.8 Å². The summed E-state index contributed by atoms with van der Waals surface area (Å²) in [7, 11) is -3.19. The average molecular weight is 284 g/mol. The fraction of sp³-hybridized carbons (Fsp3) is 0.571. The third-order valence-electron chi connectivity index (χ3n) is 2.94. The molecule has 0 radical (unpaired) electrons. The SMILES string of the molecule is CCCS(=O)(=O)c1ccccc1NC(C)CCCN. The Labute approximate surface area is 116 Å². The molecule has 0 fully saturated rings. The van der Waals surface area contributed by atoms with Crippen molar-refractivity contribution in [1.29, 1.82) is 0 Å². The van der Waals surface area contributed by atoms with Crippen LogP contribution in [0.5, 0.6) is 0 Å². The molecule has 0 saturated carbocycles. The summed E-state index contributed by atoms with van der Waals surface area (Å²) in [6.07, 6.45) is 2.48. The molecule has 1 rings (SSSR count). The molecule has 0 aromatic heterocycles. The molecule has 1 aromatic rings. The van der Waals surface area contributed by atoms with E-state index in [2.05, 4.69) is 5.32 Å². The fourth-order valence-corrected chi connectivity index (χ4v) is 3.50. The van der Waals surface area contributed by atoms with Crippen LogP contribution in [0.2, 0.25) is 0 Å². The number of rotatable bonds is 8. The van der Waals surface area contributed by atoms with E-state index in [9.17, 15) is 8.42 Å². The molecule has 4 nitrogen and oxygen atoms in total. The van der Waals surface area contributed by atoms with E-state index < -0.39 is 9.84 Å². The van der Waals surface area contributed by atoms with Crippen LogP contribution in [0.4, 0.5) is 5.69 Å². The van der Waals surface area contributed by atoms with Gasteiger partial charge in [0.25, 0.3) is 0 Å². The molecule has 108 valence electrons. The number of nitrogens with two attached hydrogens (primary N) is 1. The normalized spacial score (nSPS) is 13.2. The van der Waals surface area contributed by atoms with Gasteiger partial charge in [0, 0.05) is 6.04 Å². The second kappa shape index (κ2) is 7.50. The summed E-state index contributed by atoms with van der Waals surface area (Å²) in [6.45, 7) is 4.57. The monoisotopic (exact) mass is 284 g/mol. The predicted octanol–water partition coefficient (Wildman–Crippen LogP) is 2.41. The molecule has 1 unspecified atom stereocenters. The third kappa shape index (κ3) is 4.84. The van der Waals surface area contributed by atoms with Crippen molar-refractivity contribution in [2.45, 2.75) is 44.0 Å². The lowest BCUT2D eigenvalue weighted by atomic mass is 10.1. The van der Waals surface area contributed by atoms with E-state index in [-0.39, 0.29) is 11.8 Å². The first-order valence-electron chi connectivity index (χ1n) is 6.79. The van der Waals surface area contributed by atoms with Crippen LogP contribution in [0.1, 0.15) is 33.1 Å². The van der Waals surface area contributed by atoms with Crippen LogP contribution in [-0.4, -0.2) is 26.8 Å². The Morgan fingerprint density at radius 1 is 1.32 bits per heavy atom. The van der Waals surface area contributed by atoms with Gasteiger partial charge in [-0.25, -0.2) is 8.42 Å². The van der Waals surface area contributed by atoms with Crippen molar-refractivity contribution in [1.82, 2.24) is 0 Å². The van der Waals surface area contributed by atoms with Crippen molar-refractivity contribution in [2.24, 2.45) is 5.73 Å². The van der Waals surface area contributed by atoms with Gasteiger partial charge in [-0.15, -0.1) is 0 Å². The van der Waals surface area contributed by atoms with Crippen LogP contribution in [0, 0.1) is 0 Å². The number of sulfone groups is 1. The lowest BCUT2D eigenvalue weighted by Crippen LogP contribution is -2.19. The second-order valence-corrected chi connectivity index (χ2v) is 6.87. The molecule has 0 amide bonds. The molecule has 1 atom stereocenters. The third-order valence-corrected chi connectivity index (χ3v) is 4.91. The van der Waals surface area contributed by atoms with E-state index in [0.29, 0.717) is 23.5 Å². The molecular formula is C14H24N2O2S. The molecule has 3 N–H and O–H groups in total. The summed E-state index contributed by atoms with van der Waals surface area (Å²) in [5.74, 6) is 0.183. The minimum atomic E-state index is -3.19. The van der Waals surface area contributed by atoms with Crippen molar-refractivity contribution in [3.05, 3.63) is 24.3 Å². The Morgan fingerprint density at radius 3 is 2.63 bits per heavy atom. The van der Waals surface area contributed by atoms with Crippen LogP contribution in [-0.2, 0) is 9.84 Å². The number of nitrogens with one attached hydrogen (secondary N) is 1. The molecule has 0 spiro atoms. The van der Waals surface area contributed by atoms with Gasteiger partial charge in [0.15, 0.2) is 9.84 Å². The molecule has 1 aromatic carbocycles. The summed E-state index contributed by atoms with van der Waals surface area (Å²) in [4.78, 5) is 0.399. The first kappa shape index (κ1) is 16.0. The van der Waals surface area contributed by atoms with Gasteiger partial charge >= 0.3 is 0 Å². The Hall–Kier alpha value is -1.07. The van der Waals surface area contributed by atoms with E-state index in [1.54, 1.807) is 12.1 Å². The van der Waals surface area contributed by atoms with Crippen molar-refractivity contribution < 1.29 is 8.42 Å². The van der Waals surface area contributed by atoms with Crippen molar-refractivity contribution >= 4 is 15.5 Å². The van der Waals surface area contributed by atoms with E-state index >= 15 is 0 Å². The fourth-order valence-electron chi connectivity index (χ4n) is 2.00. The van der Waals surface area contributed by atoms with Crippen LogP contribution < -0.4 is 11.1 Å². The zero-order valence-corrected chi connectivity index (χ0v) is 12.5. The highest BCUT2D eigenvalue weighted by Gasteiger charge is 2.18. The number of benzene rings is 1. The number of para-hydroxylation sites is 1. The van der Waals surface area contributed by atoms with Gasteiger partial charge in [0.1, 0.15) is 0 Å². The Bertz CT molecular complexity index is 486. The highest BCUT2D eigenvalue weighted by atomic mass is 32.2. The number of hydrogen-bond acceptors (Lipinski definition) is 4. The maximum atomic E-state index is 12.2. The summed E-state index contributed by atoms with van der Waals surface area (Å²) in [5.41, 5.74) is 6.18. The van der Waals surface area contributed by atoms with Gasteiger partial charge in [-0.1, -0.05) is 19.1 Å². The zero-order valence-electron chi connectivity index (χ0n) is 11.7. The van der Waals surface area contributed by atoms with Crippen LogP contribution in [0.25, 0.3) is 0 Å². The molecule has 0 heterocycles. The predicted molar refractivity (Wildman–Crippen MR) is 80.2 cm³/mol. The van der Waals surface area contributed by atoms with Gasteiger partial charge in [-0.05, 0) is 44.9 Å². The smallest absolute Gasteiger partial charge is 0.180 e. The zero-order chi connectivity index (χ0) is 14.3. The maximum Gasteiger partial charge on any atom is 0.180 e. The maximum absolute atomic E-state index is 12.2. The summed E-state index contributed by atoms with van der Waals surface area (Å²) >= 11 is 0. The van der Waals surface area contributed by atoms with Gasteiger partial charge in [-0.3, -0.25) is 0 Å². The quantitative estimate of drug-likeness (QED) is 0.769. The Kier molecular flexibility index (Phi) is 6.31. The molecular weight excluding hydrogens is 260 g/mol. The molecule has 0 bridgehead atoms. The summed E-state index contributed by atoms with van der Waals surface area (Å²) < 4.78 is 24.4. The molecule has 0 saturated heterocycles. The van der Waals surface area contributed by atoms with Crippen LogP contribution in [0.15, 0.2) is 29.2 Å². The van der Waals surface area contributed by atoms with E-state index in [1.165, 1.54) is 0 Å². The molecule has 19 heavy (non-hydrogen) atoms. The van der Waals surface area contributed by atoms with E-state index in [4.69, 9.17) is 5.73 Å². The van der Waals surface area contributed by atoms with E-state index in [1.807, 2.05) is 26.0 Å². The molecule has 0 aliphatic heterocycles. The number of hydrogen-bond donors (Lipinski definition) is 2. The number of anilines is 1. The average Bonchev–Trinajstić information content (AvgIpc) is 2.36. The largest absolute Gasteiger partial charge is 0.382 e. The Morgan fingerprint density at radius 2 is 2.00 bits per heavy atom. The van der Waals surface area contributed by atoms with Crippen LogP contribution in [0.3, 0.4) is 0 Å². The molecule has 5 heteroatoms. The first-order valence-corrected chi connectivity index (χ1v) is 8.45. The topological polar surface area (TPSA) is 72.2 Å². The highest BCUT2D eigenvalue weighted by Crippen LogP contribution is 2.23. The Balaban J connectivity index is 2.90. The lowest BCUT2D eigenvalue weighted by Gasteiger charge is -2.17. The van der Waals surface area contributed by atoms with Gasteiger partial charge < -0.3 is 11.1 Å². The summed E-state index contributed by atoms with van der Waals surface area (Å²) in [6, 6.07) is 7.31. The molecule has 0 aliphatic rings. The highest BCUT2D eigenvalue weighted by molar-refractivity contribution is 7.91. The van der Waals surface area contributed by atoms with Crippen molar-refractivity contribution in [3.63, 3.8) is 0 Å². The molecule has 0 aliphatic carbocycles. The van der Waals surface area contributed by atoms with Crippen LogP contribution >= 0.6 is 0 Å². The minimum Gasteiger partial charge on any atom is -0.382 e. The minimum absolute atomic E-state index is 0.183. The second-order valence-electron chi connectivity index (χ2n) is 4.79. The van der Waals surface area contributed by atoms with Gasteiger partial charge in [-0.2, -0.15) is 0 Å². The standard InChI is InChI=1S/C14H24N2O2S/c1-3-11-19(17,18)14-9-5-4-8-13(14)16-12(2)7-6-10-15/h4-5,8-9,12,16H,3,6-7,10-11,15H2,1-2H3. The lowest BCUT2D eigenvalue weighted by molar-refractivity contribution is 0.594. The van der Waals surface area contributed by atoms with Crippen molar-refractivity contribution in [2.75, 3.05) is 17.6 Å². The van der Waals surface area contributed by atoms with Gasteiger partial charge in [0.05, 0.1) is 16.3 Å². The van der Waals surface area contributed by atoms with Gasteiger partial charge in [0.2, 0.25) is 0 Å².